The Balaban J connectivity index is 2.54. The van der Waals surface area contributed by atoms with Crippen LogP contribution in [0, 0.1) is 0 Å². The molecular weight excluding hydrogens is 380 g/mol. The fourth-order valence-corrected chi connectivity index (χ4v) is 3.61. The molecule has 30 heavy (non-hydrogen) atoms. The molecule has 0 radical (unpaired) electrons. The van der Waals surface area contributed by atoms with E-state index in [0.29, 0.717) is 12.6 Å². The van der Waals surface area contributed by atoms with Crippen LogP contribution in [0.1, 0.15) is 61.3 Å². The molecule has 8 heteroatoms. The molecule has 0 aliphatic carbocycles. The van der Waals surface area contributed by atoms with E-state index >= 15 is 0 Å². The highest BCUT2D eigenvalue weighted by Gasteiger charge is 2.31. The summed E-state index contributed by atoms with van der Waals surface area (Å²) in [5, 5.41) is 9.91. The third-order valence-electron chi connectivity index (χ3n) is 5.98. The maximum absolute atomic E-state index is 12.3. The van der Waals surface area contributed by atoms with Gasteiger partial charge in [0.15, 0.2) is 5.96 Å². The first kappa shape index (κ1) is 26.5. The molecule has 1 rings (SSSR count). The zero-order valence-corrected chi connectivity index (χ0v) is 20.6. The van der Waals surface area contributed by atoms with Gasteiger partial charge in [-0.3, -0.25) is 9.89 Å². The number of piperazine rings is 1. The zero-order valence-electron chi connectivity index (χ0n) is 20.6. The van der Waals surface area contributed by atoms with Gasteiger partial charge in [0.2, 0.25) is 0 Å². The molecule has 0 saturated carbocycles. The zero-order chi connectivity index (χ0) is 22.8. The van der Waals surface area contributed by atoms with Crippen molar-refractivity contribution in [3.8, 4) is 0 Å². The van der Waals surface area contributed by atoms with Gasteiger partial charge >= 0.3 is 6.09 Å². The molecule has 0 bridgehead atoms. The molecule has 3 N–H and O–H groups in total. The Hall–Kier alpha value is -1.54. The number of alkyl carbamates (subject to hydrolysis) is 1. The molecule has 1 atom stereocenters. The van der Waals surface area contributed by atoms with Crippen LogP contribution in [0.5, 0.6) is 0 Å². The summed E-state index contributed by atoms with van der Waals surface area (Å²) in [7, 11) is 1.78. The second kappa shape index (κ2) is 12.3. The van der Waals surface area contributed by atoms with E-state index in [9.17, 15) is 4.79 Å². The van der Waals surface area contributed by atoms with Crippen LogP contribution < -0.4 is 16.0 Å². The van der Waals surface area contributed by atoms with Gasteiger partial charge in [-0.05, 0) is 47.1 Å². The molecule has 176 valence electrons. The number of aliphatic imine (C=N–C) groups is 1. The lowest BCUT2D eigenvalue weighted by atomic mass is 9.93. The summed E-state index contributed by atoms with van der Waals surface area (Å²) >= 11 is 0. The number of guanidine groups is 1. The van der Waals surface area contributed by atoms with Crippen LogP contribution in [0.4, 0.5) is 4.79 Å². The van der Waals surface area contributed by atoms with E-state index in [1.165, 1.54) is 0 Å². The van der Waals surface area contributed by atoms with Gasteiger partial charge in [-0.2, -0.15) is 0 Å². The number of nitrogens with one attached hydrogen (secondary N) is 3. The molecule has 1 saturated heterocycles. The van der Waals surface area contributed by atoms with Crippen molar-refractivity contribution >= 4 is 12.1 Å². The second-order valence-corrected chi connectivity index (χ2v) is 9.24. The second-order valence-electron chi connectivity index (χ2n) is 9.24. The van der Waals surface area contributed by atoms with Crippen molar-refractivity contribution in [2.45, 2.75) is 78.5 Å². The summed E-state index contributed by atoms with van der Waals surface area (Å²) in [5.74, 6) is 0.756. The van der Waals surface area contributed by atoms with Crippen molar-refractivity contribution in [2.75, 3.05) is 52.9 Å². The first-order valence-corrected chi connectivity index (χ1v) is 11.5. The lowest BCUT2D eigenvalue weighted by Crippen LogP contribution is -2.58. The van der Waals surface area contributed by atoms with Gasteiger partial charge in [-0.25, -0.2) is 4.79 Å². The molecule has 0 aromatic rings. The largest absolute Gasteiger partial charge is 0.444 e. The van der Waals surface area contributed by atoms with Gasteiger partial charge in [0.1, 0.15) is 5.60 Å². The highest BCUT2D eigenvalue weighted by molar-refractivity contribution is 5.80. The molecule has 0 aromatic carbocycles. The summed E-state index contributed by atoms with van der Waals surface area (Å²) in [4.78, 5) is 21.7. The Morgan fingerprint density at radius 3 is 2.13 bits per heavy atom. The molecule has 1 amide bonds. The van der Waals surface area contributed by atoms with Crippen molar-refractivity contribution in [3.63, 3.8) is 0 Å². The number of ether oxygens (including phenoxy) is 1. The molecule has 1 heterocycles. The van der Waals surface area contributed by atoms with E-state index in [2.05, 4.69) is 58.4 Å². The summed E-state index contributed by atoms with van der Waals surface area (Å²) in [6, 6.07) is 0.435. The third kappa shape index (κ3) is 9.08. The molecule has 1 aliphatic heterocycles. The number of hydrogen-bond acceptors (Lipinski definition) is 5. The van der Waals surface area contributed by atoms with E-state index in [4.69, 9.17) is 4.74 Å². The quantitative estimate of drug-likeness (QED) is 0.388. The average molecular weight is 427 g/mol. The summed E-state index contributed by atoms with van der Waals surface area (Å²) in [6.45, 7) is 21.3. The molecule has 1 aliphatic rings. The van der Waals surface area contributed by atoms with E-state index in [1.807, 2.05) is 20.8 Å². The highest BCUT2D eigenvalue weighted by Crippen LogP contribution is 2.16. The minimum absolute atomic E-state index is 0.379. The molecule has 1 fully saturated rings. The number of hydrogen-bond donors (Lipinski definition) is 3. The van der Waals surface area contributed by atoms with Crippen molar-refractivity contribution < 1.29 is 9.53 Å². The maximum Gasteiger partial charge on any atom is 0.408 e. The monoisotopic (exact) mass is 426 g/mol. The van der Waals surface area contributed by atoms with Crippen LogP contribution in [-0.2, 0) is 4.74 Å². The highest BCUT2D eigenvalue weighted by atomic mass is 16.6. The Bertz CT molecular complexity index is 534. The molecule has 8 nitrogen and oxygen atoms in total. The Kier molecular flexibility index (Phi) is 10.9. The number of nitrogens with zero attached hydrogens (tertiary/aromatic N) is 3. The molecule has 0 spiro atoms. The predicted octanol–water partition coefficient (Wildman–Crippen LogP) is 2.26. The minimum atomic E-state index is -0.513. The van der Waals surface area contributed by atoms with Crippen molar-refractivity contribution in [2.24, 2.45) is 4.99 Å². The molecular formula is C22H46N6O2. The van der Waals surface area contributed by atoms with Crippen LogP contribution in [0.15, 0.2) is 4.99 Å². The van der Waals surface area contributed by atoms with Crippen LogP contribution in [0.25, 0.3) is 0 Å². The topological polar surface area (TPSA) is 81.2 Å². The number of likely N-dealkylation sites (N-methyl/N-ethyl adjacent to an activating group) is 1. The number of carbonyl (C=O) groups excluding carboxylic acids is 1. The van der Waals surface area contributed by atoms with E-state index < -0.39 is 5.60 Å². The molecule has 1 unspecified atom stereocenters. The first-order chi connectivity index (χ1) is 14.1. The number of carbonyl (C=O) groups is 1. The van der Waals surface area contributed by atoms with Gasteiger partial charge in [0.25, 0.3) is 0 Å². The van der Waals surface area contributed by atoms with Crippen LogP contribution in [0.2, 0.25) is 0 Å². The SMILES string of the molecule is CCN1CCN(C(C)CNC(=NC)NCC(CC)(CC)NC(=O)OC(C)(C)C)CC1. The lowest BCUT2D eigenvalue weighted by molar-refractivity contribution is 0.0448. The summed E-state index contributed by atoms with van der Waals surface area (Å²) < 4.78 is 5.46. The van der Waals surface area contributed by atoms with Crippen LogP contribution in [-0.4, -0.2) is 91.9 Å². The third-order valence-corrected chi connectivity index (χ3v) is 5.98. The lowest BCUT2D eigenvalue weighted by Gasteiger charge is -2.38. The summed E-state index contributed by atoms with van der Waals surface area (Å²) in [5.41, 5.74) is -0.900. The van der Waals surface area contributed by atoms with Gasteiger partial charge in [-0.15, -0.1) is 0 Å². The average Bonchev–Trinajstić information content (AvgIpc) is 2.71. The Morgan fingerprint density at radius 1 is 1.07 bits per heavy atom. The normalized spacial score (nSPS) is 18.1. The summed E-state index contributed by atoms with van der Waals surface area (Å²) in [6.07, 6.45) is 1.21. The van der Waals surface area contributed by atoms with Crippen molar-refractivity contribution in [3.05, 3.63) is 0 Å². The minimum Gasteiger partial charge on any atom is -0.444 e. The van der Waals surface area contributed by atoms with Gasteiger partial charge in [-0.1, -0.05) is 20.8 Å². The number of rotatable bonds is 9. The fraction of sp³-hybridized carbons (Fsp3) is 0.909. The van der Waals surface area contributed by atoms with Gasteiger partial charge < -0.3 is 25.6 Å². The first-order valence-electron chi connectivity index (χ1n) is 11.5. The maximum atomic E-state index is 12.3. The van der Waals surface area contributed by atoms with Crippen LogP contribution >= 0.6 is 0 Å². The Labute approximate surface area is 184 Å². The van der Waals surface area contributed by atoms with E-state index in [0.717, 1.165) is 58.1 Å². The van der Waals surface area contributed by atoms with Crippen molar-refractivity contribution in [1.29, 1.82) is 0 Å². The smallest absolute Gasteiger partial charge is 0.408 e. The van der Waals surface area contributed by atoms with E-state index in [1.54, 1.807) is 7.05 Å². The number of amides is 1. The molecule has 0 aromatic heterocycles. The van der Waals surface area contributed by atoms with E-state index in [-0.39, 0.29) is 11.6 Å². The van der Waals surface area contributed by atoms with Crippen LogP contribution in [0.3, 0.4) is 0 Å². The Morgan fingerprint density at radius 2 is 1.67 bits per heavy atom. The van der Waals surface area contributed by atoms with Crippen molar-refractivity contribution in [1.82, 2.24) is 25.8 Å². The predicted molar refractivity (Wildman–Crippen MR) is 125 cm³/mol. The van der Waals surface area contributed by atoms with Gasteiger partial charge in [0.05, 0.1) is 5.54 Å². The standard InChI is InChI=1S/C22H46N6O2/c1-9-22(10-2,26-20(29)30-21(5,6)7)17-25-19(23-8)24-16-18(4)28-14-12-27(11-3)13-15-28/h18H,9-17H2,1-8H3,(H,26,29)(H2,23,24,25). The fourth-order valence-electron chi connectivity index (χ4n) is 3.61. The van der Waals surface area contributed by atoms with Gasteiger partial charge in [0, 0.05) is 52.4 Å².